The van der Waals surface area contributed by atoms with Crippen molar-refractivity contribution in [1.82, 2.24) is 0 Å². The van der Waals surface area contributed by atoms with E-state index in [2.05, 4.69) is 0 Å². The van der Waals surface area contributed by atoms with Crippen molar-refractivity contribution in [2.24, 2.45) is 22.9 Å². The zero-order valence-electron chi connectivity index (χ0n) is 9.83. The molecule has 0 saturated heterocycles. The highest BCUT2D eigenvalue weighted by Crippen LogP contribution is 2.08. The fourth-order valence-corrected chi connectivity index (χ4v) is 1.66. The molecule has 0 radical (unpaired) electrons. The summed E-state index contributed by atoms with van der Waals surface area (Å²) in [6, 6.07) is 0.344. The minimum Gasteiger partial charge on any atom is -0.330 e. The van der Waals surface area contributed by atoms with Gasteiger partial charge < -0.3 is 22.9 Å². The van der Waals surface area contributed by atoms with E-state index in [1.165, 1.54) is 12.8 Å². The lowest BCUT2D eigenvalue weighted by atomic mass is 10.0. The van der Waals surface area contributed by atoms with Crippen molar-refractivity contribution < 1.29 is 0 Å². The second kappa shape index (κ2) is 10.4. The molecule has 4 nitrogen and oxygen atoms in total. The minimum atomic E-state index is -0.161. The smallest absolute Gasteiger partial charge is 0.0520 e. The first kappa shape index (κ1) is 14.8. The highest BCUT2D eigenvalue weighted by atomic mass is 14.8. The molecular formula is C11H28N4. The Balaban J connectivity index is 3.15. The summed E-state index contributed by atoms with van der Waals surface area (Å²) in [5, 5.41) is 0. The van der Waals surface area contributed by atoms with Crippen LogP contribution in [0.2, 0.25) is 0 Å². The molecule has 1 atom stereocenters. The van der Waals surface area contributed by atoms with Gasteiger partial charge in [-0.05, 0) is 32.2 Å². The Hall–Kier alpha value is -0.160. The van der Waals surface area contributed by atoms with Gasteiger partial charge in [-0.2, -0.15) is 0 Å². The lowest BCUT2D eigenvalue weighted by Crippen LogP contribution is -2.30. The highest BCUT2D eigenvalue weighted by Gasteiger charge is 2.02. The van der Waals surface area contributed by atoms with E-state index in [0.717, 1.165) is 45.1 Å². The van der Waals surface area contributed by atoms with Gasteiger partial charge in [0.2, 0.25) is 0 Å². The zero-order valence-corrected chi connectivity index (χ0v) is 9.83. The van der Waals surface area contributed by atoms with Crippen LogP contribution in [0, 0.1) is 0 Å². The van der Waals surface area contributed by atoms with Crippen molar-refractivity contribution in [1.29, 1.82) is 0 Å². The summed E-state index contributed by atoms with van der Waals surface area (Å²) in [7, 11) is 0. The first-order chi connectivity index (χ1) is 7.16. The van der Waals surface area contributed by atoms with Gasteiger partial charge in [-0.1, -0.05) is 25.7 Å². The van der Waals surface area contributed by atoms with Crippen LogP contribution in [0.4, 0.5) is 0 Å². The molecule has 0 aliphatic rings. The second-order valence-electron chi connectivity index (χ2n) is 4.35. The van der Waals surface area contributed by atoms with Gasteiger partial charge in [-0.25, -0.2) is 0 Å². The van der Waals surface area contributed by atoms with Gasteiger partial charge in [0.25, 0.3) is 0 Å². The maximum atomic E-state index is 5.98. The van der Waals surface area contributed by atoms with Gasteiger partial charge in [0.1, 0.15) is 0 Å². The molecule has 0 aliphatic carbocycles. The summed E-state index contributed by atoms with van der Waals surface area (Å²) >= 11 is 0. The third-order valence-corrected chi connectivity index (χ3v) is 2.64. The molecule has 0 amide bonds. The Morgan fingerprint density at radius 3 is 1.73 bits per heavy atom. The van der Waals surface area contributed by atoms with Gasteiger partial charge in [0.15, 0.2) is 0 Å². The number of hydrogen-bond acceptors (Lipinski definition) is 4. The molecular weight excluding hydrogens is 188 g/mol. The number of hydrogen-bond donors (Lipinski definition) is 4. The molecule has 0 aromatic rings. The fraction of sp³-hybridized carbons (Fsp3) is 1.00. The summed E-state index contributed by atoms with van der Waals surface area (Å²) in [5.74, 6) is 0. The van der Waals surface area contributed by atoms with Crippen LogP contribution in [0.5, 0.6) is 0 Å². The van der Waals surface area contributed by atoms with E-state index in [0.29, 0.717) is 6.04 Å². The van der Waals surface area contributed by atoms with Crippen molar-refractivity contribution in [3.63, 3.8) is 0 Å². The predicted molar refractivity (Wildman–Crippen MR) is 66.1 cm³/mol. The Labute approximate surface area is 93.7 Å². The minimum absolute atomic E-state index is 0.161. The molecule has 8 N–H and O–H groups in total. The number of unbranched alkanes of at least 4 members (excludes halogenated alkanes) is 3. The van der Waals surface area contributed by atoms with Crippen molar-refractivity contribution in [3.05, 3.63) is 0 Å². The maximum absolute atomic E-state index is 5.98. The van der Waals surface area contributed by atoms with Crippen LogP contribution < -0.4 is 22.9 Å². The van der Waals surface area contributed by atoms with Gasteiger partial charge in [-0.15, -0.1) is 0 Å². The maximum Gasteiger partial charge on any atom is 0.0520 e. The van der Waals surface area contributed by atoms with E-state index in [4.69, 9.17) is 22.9 Å². The number of rotatable bonds is 10. The standard InChI is InChI=1S/C11H28N4/c12-9-5-1-2-6-10(13)7-3-4-8-11(14)15/h10-11H,1-9,12-15H2. The first-order valence-electron chi connectivity index (χ1n) is 6.13. The Kier molecular flexibility index (Phi) is 10.3. The Bertz CT molecular complexity index is 128. The molecule has 92 valence electrons. The summed E-state index contributed by atoms with van der Waals surface area (Å²) in [5.41, 5.74) is 22.3. The molecule has 0 rings (SSSR count). The topological polar surface area (TPSA) is 104 Å². The largest absolute Gasteiger partial charge is 0.330 e. The van der Waals surface area contributed by atoms with Crippen LogP contribution in [-0.2, 0) is 0 Å². The van der Waals surface area contributed by atoms with E-state index in [-0.39, 0.29) is 6.17 Å². The van der Waals surface area contributed by atoms with E-state index in [1.54, 1.807) is 0 Å². The van der Waals surface area contributed by atoms with Crippen LogP contribution in [-0.4, -0.2) is 18.8 Å². The molecule has 0 heterocycles. The van der Waals surface area contributed by atoms with E-state index in [1.807, 2.05) is 0 Å². The third kappa shape index (κ3) is 11.8. The molecule has 0 bridgehead atoms. The molecule has 0 fully saturated rings. The van der Waals surface area contributed by atoms with E-state index in [9.17, 15) is 0 Å². The summed E-state index contributed by atoms with van der Waals surface area (Å²) in [6.07, 6.45) is 8.72. The van der Waals surface area contributed by atoms with Gasteiger partial charge in [-0.3, -0.25) is 0 Å². The SMILES string of the molecule is NCCCCCC(N)CCCCC(N)N. The summed E-state index contributed by atoms with van der Waals surface area (Å²) in [6.45, 7) is 0.795. The average Bonchev–Trinajstić information content (AvgIpc) is 2.19. The highest BCUT2D eigenvalue weighted by molar-refractivity contribution is 4.62. The second-order valence-corrected chi connectivity index (χ2v) is 4.35. The summed E-state index contributed by atoms with van der Waals surface area (Å²) in [4.78, 5) is 0. The predicted octanol–water partition coefficient (Wildman–Crippen LogP) is 0.637. The van der Waals surface area contributed by atoms with Crippen LogP contribution in [0.25, 0.3) is 0 Å². The number of nitrogens with two attached hydrogens (primary N) is 4. The van der Waals surface area contributed by atoms with E-state index < -0.39 is 0 Å². The van der Waals surface area contributed by atoms with Crippen molar-refractivity contribution in [3.8, 4) is 0 Å². The van der Waals surface area contributed by atoms with Crippen molar-refractivity contribution in [2.45, 2.75) is 63.6 Å². The molecule has 4 heteroatoms. The molecule has 0 aromatic heterocycles. The van der Waals surface area contributed by atoms with Gasteiger partial charge in [0.05, 0.1) is 6.17 Å². The van der Waals surface area contributed by atoms with Crippen LogP contribution in [0.3, 0.4) is 0 Å². The lowest BCUT2D eigenvalue weighted by molar-refractivity contribution is 0.483. The normalized spacial score (nSPS) is 13.4. The Morgan fingerprint density at radius 1 is 0.667 bits per heavy atom. The monoisotopic (exact) mass is 216 g/mol. The van der Waals surface area contributed by atoms with Gasteiger partial charge >= 0.3 is 0 Å². The molecule has 0 aromatic carbocycles. The van der Waals surface area contributed by atoms with E-state index >= 15 is 0 Å². The molecule has 0 spiro atoms. The lowest BCUT2D eigenvalue weighted by Gasteiger charge is -2.11. The van der Waals surface area contributed by atoms with Crippen LogP contribution >= 0.6 is 0 Å². The molecule has 1 unspecified atom stereocenters. The van der Waals surface area contributed by atoms with Crippen molar-refractivity contribution in [2.75, 3.05) is 6.54 Å². The van der Waals surface area contributed by atoms with Crippen molar-refractivity contribution >= 4 is 0 Å². The quantitative estimate of drug-likeness (QED) is 0.318. The summed E-state index contributed by atoms with van der Waals surface area (Å²) < 4.78 is 0. The zero-order chi connectivity index (χ0) is 11.5. The average molecular weight is 216 g/mol. The first-order valence-corrected chi connectivity index (χ1v) is 6.13. The van der Waals surface area contributed by atoms with Gasteiger partial charge in [0, 0.05) is 6.04 Å². The van der Waals surface area contributed by atoms with Crippen LogP contribution in [0.1, 0.15) is 51.4 Å². The van der Waals surface area contributed by atoms with Crippen LogP contribution in [0.15, 0.2) is 0 Å². The molecule has 15 heavy (non-hydrogen) atoms. The molecule has 0 aliphatic heterocycles. The molecule has 0 saturated carbocycles. The third-order valence-electron chi connectivity index (χ3n) is 2.64. The Morgan fingerprint density at radius 2 is 1.20 bits per heavy atom. The fourth-order valence-electron chi connectivity index (χ4n) is 1.66.